The molecule has 1 unspecified atom stereocenters. The summed E-state index contributed by atoms with van der Waals surface area (Å²) in [6.07, 6.45) is 2.72. The van der Waals surface area contributed by atoms with E-state index in [2.05, 4.69) is 5.32 Å². The number of aliphatic hydroxyl groups is 1. The first-order valence-electron chi connectivity index (χ1n) is 7.53. The topological polar surface area (TPSA) is 49.3 Å². The molecule has 0 aliphatic heterocycles. The normalized spacial score (nSPS) is 12.4. The molecule has 3 aromatic rings. The highest BCUT2D eigenvalue weighted by Gasteiger charge is 2.12. The highest BCUT2D eigenvalue weighted by molar-refractivity contribution is 7.12. The smallest absolute Gasteiger partial charge is 0.244 e. The molecule has 0 aliphatic carbocycles. The molecule has 2 heterocycles. The highest BCUT2D eigenvalue weighted by Crippen LogP contribution is 2.28. The lowest BCUT2D eigenvalue weighted by Crippen LogP contribution is -2.19. The van der Waals surface area contributed by atoms with Crippen LogP contribution >= 0.6 is 22.7 Å². The van der Waals surface area contributed by atoms with Crippen LogP contribution in [0.25, 0.3) is 6.08 Å². The number of carbonyl (C=O) groups excluding carboxylic acids is 1. The number of hydrogen-bond acceptors (Lipinski definition) is 4. The maximum Gasteiger partial charge on any atom is 0.244 e. The Labute approximate surface area is 148 Å². The van der Waals surface area contributed by atoms with Crippen molar-refractivity contribution in [2.75, 3.05) is 0 Å². The van der Waals surface area contributed by atoms with Crippen molar-refractivity contribution >= 4 is 34.7 Å². The molecule has 0 saturated heterocycles. The lowest BCUT2D eigenvalue weighted by atomic mass is 10.1. The average molecular weight is 355 g/mol. The van der Waals surface area contributed by atoms with E-state index in [1.807, 2.05) is 60.0 Å². The van der Waals surface area contributed by atoms with Crippen LogP contribution in [0.15, 0.2) is 66.1 Å². The van der Waals surface area contributed by atoms with E-state index in [1.165, 1.54) is 11.3 Å². The number of amides is 1. The summed E-state index contributed by atoms with van der Waals surface area (Å²) in [6, 6.07) is 17.3. The van der Waals surface area contributed by atoms with E-state index in [0.29, 0.717) is 6.54 Å². The summed E-state index contributed by atoms with van der Waals surface area (Å²) in [4.78, 5) is 14.8. The van der Waals surface area contributed by atoms with Gasteiger partial charge in [-0.3, -0.25) is 4.79 Å². The minimum absolute atomic E-state index is 0.123. The largest absolute Gasteiger partial charge is 0.383 e. The van der Waals surface area contributed by atoms with Gasteiger partial charge in [-0.1, -0.05) is 36.4 Å². The molecule has 0 fully saturated rings. The van der Waals surface area contributed by atoms with Crippen molar-refractivity contribution in [2.45, 2.75) is 12.6 Å². The first-order valence-corrected chi connectivity index (χ1v) is 9.23. The van der Waals surface area contributed by atoms with E-state index in [0.717, 1.165) is 20.2 Å². The van der Waals surface area contributed by atoms with Crippen molar-refractivity contribution in [3.63, 3.8) is 0 Å². The van der Waals surface area contributed by atoms with Crippen molar-refractivity contribution < 1.29 is 9.90 Å². The molecular weight excluding hydrogens is 338 g/mol. The third-order valence-corrected chi connectivity index (χ3v) is 5.42. The molecular formula is C19H17NO2S2. The third kappa shape index (κ3) is 4.41. The standard InChI is InChI=1S/C19H17NO2S2/c21-18(11-9-15-7-4-12-23-15)20-13-16-8-10-17(24-16)19(22)14-5-2-1-3-6-14/h1-12,19,22H,13H2,(H,20,21)/b11-9+. The Morgan fingerprint density at radius 3 is 2.71 bits per heavy atom. The zero-order valence-electron chi connectivity index (χ0n) is 12.9. The maximum absolute atomic E-state index is 11.8. The van der Waals surface area contributed by atoms with Crippen LogP contribution in [-0.4, -0.2) is 11.0 Å². The van der Waals surface area contributed by atoms with Crippen LogP contribution in [0.1, 0.15) is 26.3 Å². The van der Waals surface area contributed by atoms with Gasteiger partial charge < -0.3 is 10.4 Å². The second-order valence-corrected chi connectivity index (χ2v) is 7.36. The molecule has 122 valence electrons. The number of thiophene rings is 2. The molecule has 0 bridgehead atoms. The molecule has 5 heteroatoms. The number of hydrogen-bond donors (Lipinski definition) is 2. The molecule has 24 heavy (non-hydrogen) atoms. The SMILES string of the molecule is O=C(/C=C/c1cccs1)NCc1ccc(C(O)c2ccccc2)s1. The Kier molecular flexibility index (Phi) is 5.59. The van der Waals surface area contributed by atoms with E-state index in [1.54, 1.807) is 23.5 Å². The predicted molar refractivity (Wildman–Crippen MR) is 100 cm³/mol. The Bertz CT molecular complexity index is 807. The molecule has 1 aromatic carbocycles. The molecule has 0 spiro atoms. The van der Waals surface area contributed by atoms with Crippen molar-refractivity contribution in [1.29, 1.82) is 0 Å². The molecule has 0 aliphatic rings. The van der Waals surface area contributed by atoms with Gasteiger partial charge in [-0.15, -0.1) is 22.7 Å². The number of benzene rings is 1. The summed E-state index contributed by atoms with van der Waals surface area (Å²) in [7, 11) is 0. The molecule has 2 aromatic heterocycles. The van der Waals surface area contributed by atoms with Crippen LogP contribution in [0.4, 0.5) is 0 Å². The van der Waals surface area contributed by atoms with Gasteiger partial charge in [0.05, 0.1) is 6.54 Å². The van der Waals surface area contributed by atoms with Gasteiger partial charge in [0.1, 0.15) is 6.10 Å². The van der Waals surface area contributed by atoms with Gasteiger partial charge >= 0.3 is 0 Å². The van der Waals surface area contributed by atoms with E-state index in [4.69, 9.17) is 0 Å². The van der Waals surface area contributed by atoms with E-state index in [9.17, 15) is 9.90 Å². The van der Waals surface area contributed by atoms with Crippen LogP contribution in [0.5, 0.6) is 0 Å². The molecule has 0 radical (unpaired) electrons. The lowest BCUT2D eigenvalue weighted by molar-refractivity contribution is -0.116. The number of aliphatic hydroxyl groups excluding tert-OH is 1. The Hall–Kier alpha value is -2.21. The van der Waals surface area contributed by atoms with E-state index >= 15 is 0 Å². The zero-order valence-corrected chi connectivity index (χ0v) is 14.5. The van der Waals surface area contributed by atoms with E-state index in [-0.39, 0.29) is 5.91 Å². The van der Waals surface area contributed by atoms with Gasteiger partial charge in [0, 0.05) is 20.7 Å². The van der Waals surface area contributed by atoms with Gasteiger partial charge in [0.2, 0.25) is 5.91 Å². The van der Waals surface area contributed by atoms with Crippen LogP contribution in [0.3, 0.4) is 0 Å². The quantitative estimate of drug-likeness (QED) is 0.651. The maximum atomic E-state index is 11.8. The van der Waals surface area contributed by atoms with Crippen molar-refractivity contribution in [1.82, 2.24) is 5.32 Å². The Morgan fingerprint density at radius 2 is 1.96 bits per heavy atom. The zero-order chi connectivity index (χ0) is 16.8. The second-order valence-electron chi connectivity index (χ2n) is 5.18. The monoisotopic (exact) mass is 355 g/mol. The number of rotatable bonds is 6. The summed E-state index contributed by atoms with van der Waals surface area (Å²) in [5.74, 6) is -0.123. The van der Waals surface area contributed by atoms with Crippen LogP contribution in [0, 0.1) is 0 Å². The van der Waals surface area contributed by atoms with Crippen molar-refractivity contribution in [2.24, 2.45) is 0 Å². The summed E-state index contributed by atoms with van der Waals surface area (Å²) in [5, 5.41) is 15.2. The number of nitrogens with one attached hydrogen (secondary N) is 1. The predicted octanol–water partition coefficient (Wildman–Crippen LogP) is 4.22. The minimum Gasteiger partial charge on any atom is -0.383 e. The van der Waals surface area contributed by atoms with Crippen molar-refractivity contribution in [3.8, 4) is 0 Å². The van der Waals surface area contributed by atoms with Gasteiger partial charge in [0.15, 0.2) is 0 Å². The average Bonchev–Trinajstić information content (AvgIpc) is 3.30. The van der Waals surface area contributed by atoms with Gasteiger partial charge in [-0.05, 0) is 35.2 Å². The molecule has 3 rings (SSSR count). The van der Waals surface area contributed by atoms with Gasteiger partial charge in [-0.2, -0.15) is 0 Å². The Balaban J connectivity index is 1.55. The fraction of sp³-hybridized carbons (Fsp3) is 0.105. The van der Waals surface area contributed by atoms with Crippen molar-refractivity contribution in [3.05, 3.63) is 86.2 Å². The first-order chi connectivity index (χ1) is 11.7. The lowest BCUT2D eigenvalue weighted by Gasteiger charge is -2.08. The van der Waals surface area contributed by atoms with Crippen LogP contribution in [0.2, 0.25) is 0 Å². The summed E-state index contributed by atoms with van der Waals surface area (Å²) < 4.78 is 0. The highest BCUT2D eigenvalue weighted by atomic mass is 32.1. The fourth-order valence-electron chi connectivity index (χ4n) is 2.21. The molecule has 3 nitrogen and oxygen atoms in total. The van der Waals surface area contributed by atoms with Gasteiger partial charge in [0.25, 0.3) is 0 Å². The minimum atomic E-state index is -0.626. The number of carbonyl (C=O) groups is 1. The summed E-state index contributed by atoms with van der Waals surface area (Å²) >= 11 is 3.10. The molecule has 2 N–H and O–H groups in total. The Morgan fingerprint density at radius 1 is 1.12 bits per heavy atom. The molecule has 1 atom stereocenters. The third-order valence-electron chi connectivity index (χ3n) is 3.45. The van der Waals surface area contributed by atoms with Crippen LogP contribution < -0.4 is 5.32 Å². The van der Waals surface area contributed by atoms with Crippen LogP contribution in [-0.2, 0) is 11.3 Å². The molecule has 1 amide bonds. The van der Waals surface area contributed by atoms with Gasteiger partial charge in [-0.25, -0.2) is 0 Å². The summed E-state index contributed by atoms with van der Waals surface area (Å²) in [6.45, 7) is 0.458. The molecule has 0 saturated carbocycles. The second kappa shape index (κ2) is 8.06. The van der Waals surface area contributed by atoms with E-state index < -0.39 is 6.10 Å². The fourth-order valence-corrected chi connectivity index (χ4v) is 3.80. The summed E-state index contributed by atoms with van der Waals surface area (Å²) in [5.41, 5.74) is 0.869. The first kappa shape index (κ1) is 16.6.